The van der Waals surface area contributed by atoms with Crippen LogP contribution >= 0.6 is 11.8 Å². The van der Waals surface area contributed by atoms with E-state index >= 15 is 0 Å². The fourth-order valence-corrected chi connectivity index (χ4v) is 5.86. The molecule has 1 atom stereocenters. The van der Waals surface area contributed by atoms with Gasteiger partial charge in [-0.3, -0.25) is 9.59 Å². The summed E-state index contributed by atoms with van der Waals surface area (Å²) in [5.74, 6) is -0.350. The third-order valence-electron chi connectivity index (χ3n) is 6.72. The highest BCUT2D eigenvalue weighted by atomic mass is 32.2. The van der Waals surface area contributed by atoms with E-state index in [9.17, 15) is 14.0 Å². The van der Waals surface area contributed by atoms with Crippen LogP contribution in [0, 0.1) is 12.7 Å². The molecule has 7 heteroatoms. The van der Waals surface area contributed by atoms with Crippen LogP contribution in [0.1, 0.15) is 28.3 Å². The van der Waals surface area contributed by atoms with E-state index in [1.807, 2.05) is 38.2 Å². The Morgan fingerprint density at radius 3 is 2.47 bits per heavy atom. The molecule has 0 saturated carbocycles. The summed E-state index contributed by atoms with van der Waals surface area (Å²) in [6.45, 7) is 2.73. The van der Waals surface area contributed by atoms with E-state index in [-0.39, 0.29) is 29.9 Å². The molecule has 0 bridgehead atoms. The van der Waals surface area contributed by atoms with Gasteiger partial charge in [0.2, 0.25) is 11.8 Å². The summed E-state index contributed by atoms with van der Waals surface area (Å²) >= 11 is 1.48. The summed E-state index contributed by atoms with van der Waals surface area (Å²) in [5.41, 5.74) is 4.99. The van der Waals surface area contributed by atoms with Crippen molar-refractivity contribution in [3.63, 3.8) is 0 Å². The van der Waals surface area contributed by atoms with Crippen molar-refractivity contribution in [2.75, 3.05) is 12.3 Å². The van der Waals surface area contributed by atoms with Crippen LogP contribution in [0.15, 0.2) is 77.8 Å². The molecule has 0 fully saturated rings. The highest BCUT2D eigenvalue weighted by molar-refractivity contribution is 8.00. The van der Waals surface area contributed by atoms with E-state index in [0.29, 0.717) is 13.0 Å². The molecule has 2 heterocycles. The predicted octanol–water partition coefficient (Wildman–Crippen LogP) is 5.16. The number of amides is 2. The second-order valence-electron chi connectivity index (χ2n) is 9.15. The first-order valence-electron chi connectivity index (χ1n) is 12.0. The average Bonchev–Trinajstić information content (AvgIpc) is 3.07. The number of fused-ring (bicyclic) bond motifs is 3. The Morgan fingerprint density at radius 1 is 1.03 bits per heavy atom. The smallest absolute Gasteiger partial charge is 0.247 e. The largest absolute Gasteiger partial charge is 0.350 e. The van der Waals surface area contributed by atoms with Gasteiger partial charge in [0, 0.05) is 36.6 Å². The van der Waals surface area contributed by atoms with Crippen molar-refractivity contribution in [2.45, 2.75) is 31.0 Å². The first-order valence-corrected chi connectivity index (χ1v) is 13.0. The zero-order valence-electron chi connectivity index (χ0n) is 20.3. The van der Waals surface area contributed by atoms with Crippen molar-refractivity contribution in [1.29, 1.82) is 0 Å². The van der Waals surface area contributed by atoms with Gasteiger partial charge in [0.05, 0.1) is 10.8 Å². The van der Waals surface area contributed by atoms with E-state index in [1.165, 1.54) is 29.5 Å². The second-order valence-corrected chi connectivity index (χ2v) is 10.1. The van der Waals surface area contributed by atoms with Gasteiger partial charge in [-0.2, -0.15) is 0 Å². The SMILES string of the molecule is Cc1ccc(CCN2C(=O)CSc3c(c4ccccc4n3C)C2C(=O)NCc2ccc(F)cc2)cc1. The number of nitrogens with one attached hydrogen (secondary N) is 1. The number of thioether (sulfide) groups is 1. The summed E-state index contributed by atoms with van der Waals surface area (Å²) in [6, 6.07) is 21.6. The molecule has 0 spiro atoms. The van der Waals surface area contributed by atoms with E-state index in [1.54, 1.807) is 17.0 Å². The molecule has 5 nitrogen and oxygen atoms in total. The molecule has 1 unspecified atom stereocenters. The molecule has 0 saturated heterocycles. The van der Waals surface area contributed by atoms with E-state index in [0.717, 1.165) is 32.6 Å². The van der Waals surface area contributed by atoms with Gasteiger partial charge < -0.3 is 14.8 Å². The van der Waals surface area contributed by atoms with Crippen molar-refractivity contribution < 1.29 is 14.0 Å². The molecule has 5 rings (SSSR count). The van der Waals surface area contributed by atoms with E-state index < -0.39 is 6.04 Å². The number of hydrogen-bond acceptors (Lipinski definition) is 3. The summed E-state index contributed by atoms with van der Waals surface area (Å²) in [4.78, 5) is 29.0. The zero-order chi connectivity index (χ0) is 25.2. The summed E-state index contributed by atoms with van der Waals surface area (Å²) in [6.07, 6.45) is 0.651. The normalized spacial score (nSPS) is 15.6. The lowest BCUT2D eigenvalue weighted by atomic mass is 10.0. The van der Waals surface area contributed by atoms with Gasteiger partial charge >= 0.3 is 0 Å². The molecule has 0 aliphatic carbocycles. The van der Waals surface area contributed by atoms with Crippen LogP contribution in [0.2, 0.25) is 0 Å². The Morgan fingerprint density at radius 2 is 1.72 bits per heavy atom. The fourth-order valence-electron chi connectivity index (χ4n) is 4.77. The van der Waals surface area contributed by atoms with Crippen LogP contribution in [0.5, 0.6) is 0 Å². The molecule has 1 N–H and O–H groups in total. The minimum atomic E-state index is -0.764. The maximum Gasteiger partial charge on any atom is 0.247 e. The number of nitrogens with zero attached hydrogens (tertiary/aromatic N) is 2. The Labute approximate surface area is 214 Å². The number of aromatic nitrogens is 1. The number of carbonyl (C=O) groups is 2. The molecular formula is C29H28FN3O2S. The molecular weight excluding hydrogens is 473 g/mol. The third kappa shape index (κ3) is 4.75. The Hall–Kier alpha value is -3.58. The lowest BCUT2D eigenvalue weighted by Crippen LogP contribution is -2.44. The highest BCUT2D eigenvalue weighted by Crippen LogP contribution is 2.41. The quantitative estimate of drug-likeness (QED) is 0.397. The third-order valence-corrected chi connectivity index (χ3v) is 7.88. The lowest BCUT2D eigenvalue weighted by Gasteiger charge is -2.30. The molecule has 36 heavy (non-hydrogen) atoms. The monoisotopic (exact) mass is 501 g/mol. The summed E-state index contributed by atoms with van der Waals surface area (Å²) in [7, 11) is 1.98. The average molecular weight is 502 g/mol. The molecule has 184 valence electrons. The molecule has 3 aromatic carbocycles. The first kappa shape index (κ1) is 24.1. The maximum absolute atomic E-state index is 13.8. The van der Waals surface area contributed by atoms with Crippen LogP contribution in [-0.2, 0) is 29.6 Å². The number of rotatable bonds is 6. The number of hydrogen-bond donors (Lipinski definition) is 1. The van der Waals surface area contributed by atoms with Crippen LogP contribution < -0.4 is 5.32 Å². The Bertz CT molecular complexity index is 1410. The lowest BCUT2D eigenvalue weighted by molar-refractivity contribution is -0.138. The molecule has 0 radical (unpaired) electrons. The molecule has 4 aromatic rings. The van der Waals surface area contributed by atoms with Crippen molar-refractivity contribution >= 4 is 34.5 Å². The van der Waals surface area contributed by atoms with Gasteiger partial charge in [-0.05, 0) is 42.7 Å². The van der Waals surface area contributed by atoms with Crippen LogP contribution in [0.4, 0.5) is 4.39 Å². The molecule has 1 aromatic heterocycles. The topological polar surface area (TPSA) is 54.3 Å². The van der Waals surface area contributed by atoms with Gasteiger partial charge in [-0.1, -0.05) is 71.9 Å². The minimum absolute atomic E-state index is 0.0608. The Balaban J connectivity index is 1.52. The molecule has 1 aliphatic rings. The molecule has 2 amide bonds. The van der Waals surface area contributed by atoms with Gasteiger partial charge in [-0.25, -0.2) is 4.39 Å². The number of benzene rings is 3. The number of carbonyl (C=O) groups excluding carboxylic acids is 2. The fraction of sp³-hybridized carbons (Fsp3) is 0.241. The molecule has 1 aliphatic heterocycles. The van der Waals surface area contributed by atoms with E-state index in [2.05, 4.69) is 34.1 Å². The maximum atomic E-state index is 13.8. The van der Waals surface area contributed by atoms with Crippen molar-refractivity contribution in [3.05, 3.63) is 101 Å². The summed E-state index contributed by atoms with van der Waals surface area (Å²) in [5, 5.41) is 4.92. The number of aryl methyl sites for hydroxylation is 2. The highest BCUT2D eigenvalue weighted by Gasteiger charge is 2.38. The van der Waals surface area contributed by atoms with Gasteiger partial charge in [-0.15, -0.1) is 0 Å². The van der Waals surface area contributed by atoms with Crippen molar-refractivity contribution in [3.8, 4) is 0 Å². The van der Waals surface area contributed by atoms with Crippen molar-refractivity contribution in [1.82, 2.24) is 14.8 Å². The zero-order valence-corrected chi connectivity index (χ0v) is 21.1. The van der Waals surface area contributed by atoms with E-state index in [4.69, 9.17) is 0 Å². The predicted molar refractivity (Wildman–Crippen MR) is 141 cm³/mol. The number of halogens is 1. The first-order chi connectivity index (χ1) is 17.4. The van der Waals surface area contributed by atoms with Gasteiger partial charge in [0.25, 0.3) is 0 Å². The second kappa shape index (κ2) is 10.2. The van der Waals surface area contributed by atoms with Crippen LogP contribution in [0.25, 0.3) is 10.9 Å². The van der Waals surface area contributed by atoms with Gasteiger partial charge in [0.15, 0.2) is 0 Å². The minimum Gasteiger partial charge on any atom is -0.350 e. The van der Waals surface area contributed by atoms with Crippen LogP contribution in [0.3, 0.4) is 0 Å². The summed E-state index contributed by atoms with van der Waals surface area (Å²) < 4.78 is 15.4. The number of para-hydroxylation sites is 1. The standard InChI is InChI=1S/C29H28FN3O2S/c1-19-7-9-20(10-8-19)15-16-33-25(34)18-36-29-26(23-5-3-4-6-24(23)32(29)2)27(33)28(35)31-17-21-11-13-22(30)14-12-21/h3-14,27H,15-18H2,1-2H3,(H,31,35). The van der Waals surface area contributed by atoms with Crippen LogP contribution in [-0.4, -0.2) is 33.6 Å². The Kier molecular flexibility index (Phi) is 6.83. The van der Waals surface area contributed by atoms with Gasteiger partial charge in [0.1, 0.15) is 11.9 Å². The van der Waals surface area contributed by atoms with Crippen molar-refractivity contribution in [2.24, 2.45) is 7.05 Å².